The van der Waals surface area contributed by atoms with Crippen molar-refractivity contribution >= 4 is 0 Å². The largest absolute Gasteiger partial charge is 0.502 e. The van der Waals surface area contributed by atoms with Gasteiger partial charge in [0, 0.05) is 13.2 Å². The maximum absolute atomic E-state index is 5.47. The van der Waals surface area contributed by atoms with Crippen LogP contribution in [0, 0.1) is 0 Å². The smallest absolute Gasteiger partial charge is 0.0885 e. The van der Waals surface area contributed by atoms with E-state index in [9.17, 15) is 0 Å². The summed E-state index contributed by atoms with van der Waals surface area (Å²) in [4.78, 5) is 0. The van der Waals surface area contributed by atoms with Gasteiger partial charge in [-0.15, -0.1) is 0 Å². The normalized spacial score (nSPS) is 12.4. The third kappa shape index (κ3) is 9.72. The Hall–Kier alpha value is -0.580. The van der Waals surface area contributed by atoms with Gasteiger partial charge in [-0.3, -0.25) is 0 Å². The second-order valence-corrected chi connectivity index (χ2v) is 3.43. The molecule has 4 nitrogen and oxygen atoms in total. The van der Waals surface area contributed by atoms with Gasteiger partial charge >= 0.3 is 0 Å². The summed E-state index contributed by atoms with van der Waals surface area (Å²) in [7, 11) is 1.72. The third-order valence-electron chi connectivity index (χ3n) is 2.11. The highest BCUT2D eigenvalue weighted by atomic mass is 16.5. The SMILES string of the molecule is C=COCCCNC(CCCN)COC. The standard InChI is InChI=1S/C11H24N2O2/c1-3-15-9-5-8-13-11(10-14-2)6-4-7-12/h3,11,13H,1,4-10,12H2,2H3. The maximum Gasteiger partial charge on any atom is 0.0885 e. The zero-order chi connectivity index (χ0) is 11.4. The number of hydrogen-bond acceptors (Lipinski definition) is 4. The van der Waals surface area contributed by atoms with Gasteiger partial charge in [-0.1, -0.05) is 6.58 Å². The lowest BCUT2D eigenvalue weighted by molar-refractivity contribution is 0.159. The second kappa shape index (κ2) is 11.5. The van der Waals surface area contributed by atoms with Crippen LogP contribution in [0.25, 0.3) is 0 Å². The fourth-order valence-corrected chi connectivity index (χ4v) is 1.35. The molecule has 0 rings (SSSR count). The van der Waals surface area contributed by atoms with E-state index in [1.54, 1.807) is 7.11 Å². The minimum Gasteiger partial charge on any atom is -0.502 e. The first-order valence-electron chi connectivity index (χ1n) is 5.50. The number of ether oxygens (including phenoxy) is 2. The molecule has 1 unspecified atom stereocenters. The highest BCUT2D eigenvalue weighted by Gasteiger charge is 2.05. The first-order valence-corrected chi connectivity index (χ1v) is 5.50. The van der Waals surface area contributed by atoms with E-state index < -0.39 is 0 Å². The van der Waals surface area contributed by atoms with Crippen LogP contribution in [0.2, 0.25) is 0 Å². The van der Waals surface area contributed by atoms with Gasteiger partial charge < -0.3 is 20.5 Å². The van der Waals surface area contributed by atoms with Crippen molar-refractivity contribution < 1.29 is 9.47 Å². The van der Waals surface area contributed by atoms with Crippen LogP contribution in [0.1, 0.15) is 19.3 Å². The van der Waals surface area contributed by atoms with Crippen molar-refractivity contribution in [3.8, 4) is 0 Å². The van der Waals surface area contributed by atoms with E-state index >= 15 is 0 Å². The van der Waals surface area contributed by atoms with E-state index in [1.807, 2.05) is 0 Å². The van der Waals surface area contributed by atoms with E-state index in [2.05, 4.69) is 11.9 Å². The zero-order valence-corrected chi connectivity index (χ0v) is 9.71. The minimum atomic E-state index is 0.405. The predicted octanol–water partition coefficient (Wildman–Crippen LogP) is 0.880. The van der Waals surface area contributed by atoms with E-state index in [-0.39, 0.29) is 0 Å². The molecular weight excluding hydrogens is 192 g/mol. The van der Waals surface area contributed by atoms with Gasteiger partial charge in [0.1, 0.15) is 0 Å². The molecule has 0 radical (unpaired) electrons. The van der Waals surface area contributed by atoms with Crippen molar-refractivity contribution in [1.29, 1.82) is 0 Å². The minimum absolute atomic E-state index is 0.405. The van der Waals surface area contributed by atoms with Gasteiger partial charge in [0.15, 0.2) is 0 Å². The van der Waals surface area contributed by atoms with Gasteiger partial charge in [0.05, 0.1) is 19.5 Å². The van der Waals surface area contributed by atoms with E-state index in [4.69, 9.17) is 15.2 Å². The quantitative estimate of drug-likeness (QED) is 0.398. The van der Waals surface area contributed by atoms with Crippen LogP contribution < -0.4 is 11.1 Å². The summed E-state index contributed by atoms with van der Waals surface area (Å²) in [5.74, 6) is 0. The molecule has 0 amide bonds. The van der Waals surface area contributed by atoms with Crippen LogP contribution in [-0.2, 0) is 9.47 Å². The Morgan fingerprint density at radius 1 is 1.47 bits per heavy atom. The van der Waals surface area contributed by atoms with Crippen LogP contribution >= 0.6 is 0 Å². The van der Waals surface area contributed by atoms with Crippen LogP contribution in [0.5, 0.6) is 0 Å². The van der Waals surface area contributed by atoms with Gasteiger partial charge in [-0.2, -0.15) is 0 Å². The predicted molar refractivity (Wildman–Crippen MR) is 62.7 cm³/mol. The Bertz CT molecular complexity index is 143. The van der Waals surface area contributed by atoms with Crippen molar-refractivity contribution in [2.45, 2.75) is 25.3 Å². The van der Waals surface area contributed by atoms with Crippen molar-refractivity contribution in [3.63, 3.8) is 0 Å². The second-order valence-electron chi connectivity index (χ2n) is 3.43. The summed E-state index contributed by atoms with van der Waals surface area (Å²) in [6.07, 6.45) is 4.55. The molecule has 15 heavy (non-hydrogen) atoms. The lowest BCUT2D eigenvalue weighted by atomic mass is 10.1. The van der Waals surface area contributed by atoms with Gasteiger partial charge in [-0.25, -0.2) is 0 Å². The Kier molecular flexibility index (Phi) is 11.1. The molecule has 0 saturated heterocycles. The molecule has 1 atom stereocenters. The molecular formula is C11H24N2O2. The van der Waals surface area contributed by atoms with Gasteiger partial charge in [0.2, 0.25) is 0 Å². The van der Waals surface area contributed by atoms with Gasteiger partial charge in [-0.05, 0) is 32.4 Å². The van der Waals surface area contributed by atoms with Crippen LogP contribution in [0.15, 0.2) is 12.8 Å². The number of nitrogens with one attached hydrogen (secondary N) is 1. The van der Waals surface area contributed by atoms with E-state index in [0.717, 1.165) is 39.0 Å². The van der Waals surface area contributed by atoms with Crippen molar-refractivity contribution in [3.05, 3.63) is 12.8 Å². The molecule has 90 valence electrons. The molecule has 0 bridgehead atoms. The fourth-order valence-electron chi connectivity index (χ4n) is 1.35. The Labute approximate surface area is 92.8 Å². The van der Waals surface area contributed by atoms with Crippen molar-refractivity contribution in [2.75, 3.05) is 33.4 Å². The molecule has 0 fully saturated rings. The molecule has 0 aliphatic rings. The zero-order valence-electron chi connectivity index (χ0n) is 9.71. The summed E-state index contributed by atoms with van der Waals surface area (Å²) < 4.78 is 10.2. The molecule has 0 aliphatic carbocycles. The number of hydrogen-bond donors (Lipinski definition) is 2. The monoisotopic (exact) mass is 216 g/mol. The van der Waals surface area contributed by atoms with Crippen molar-refractivity contribution in [1.82, 2.24) is 5.32 Å². The molecule has 3 N–H and O–H groups in total. The first-order chi connectivity index (χ1) is 7.35. The highest BCUT2D eigenvalue weighted by molar-refractivity contribution is 4.66. The average molecular weight is 216 g/mol. The molecule has 4 heteroatoms. The number of nitrogens with two attached hydrogens (primary N) is 1. The summed E-state index contributed by atoms with van der Waals surface area (Å²) in [6.45, 7) is 6.62. The van der Waals surface area contributed by atoms with E-state index in [0.29, 0.717) is 12.6 Å². The number of rotatable bonds is 11. The fraction of sp³-hybridized carbons (Fsp3) is 0.818. The molecule has 0 aliphatic heterocycles. The molecule has 0 saturated carbocycles. The molecule has 0 spiro atoms. The maximum atomic E-state index is 5.47. The van der Waals surface area contributed by atoms with E-state index in [1.165, 1.54) is 6.26 Å². The van der Waals surface area contributed by atoms with Crippen LogP contribution in [0.4, 0.5) is 0 Å². The highest BCUT2D eigenvalue weighted by Crippen LogP contribution is 1.97. The molecule has 0 aromatic carbocycles. The topological polar surface area (TPSA) is 56.5 Å². The Morgan fingerprint density at radius 3 is 2.87 bits per heavy atom. The lowest BCUT2D eigenvalue weighted by Crippen LogP contribution is -2.34. The summed E-state index contributed by atoms with van der Waals surface area (Å²) in [6, 6.07) is 0.405. The summed E-state index contributed by atoms with van der Waals surface area (Å²) in [5, 5.41) is 3.42. The van der Waals surface area contributed by atoms with Crippen LogP contribution in [-0.4, -0.2) is 39.5 Å². The Balaban J connectivity index is 3.42. The van der Waals surface area contributed by atoms with Gasteiger partial charge in [0.25, 0.3) is 0 Å². The molecule has 0 heterocycles. The van der Waals surface area contributed by atoms with Crippen molar-refractivity contribution in [2.24, 2.45) is 5.73 Å². The number of methoxy groups -OCH3 is 1. The third-order valence-corrected chi connectivity index (χ3v) is 2.11. The average Bonchev–Trinajstić information content (AvgIpc) is 2.25. The lowest BCUT2D eigenvalue weighted by Gasteiger charge is -2.17. The first kappa shape index (κ1) is 14.4. The summed E-state index contributed by atoms with van der Waals surface area (Å²) >= 11 is 0. The van der Waals surface area contributed by atoms with Crippen LogP contribution in [0.3, 0.4) is 0 Å². The Morgan fingerprint density at radius 2 is 2.27 bits per heavy atom. The molecule has 0 aromatic rings. The molecule has 0 aromatic heterocycles. The summed E-state index contributed by atoms with van der Waals surface area (Å²) in [5.41, 5.74) is 5.47.